The molecule has 1 aromatic carbocycles. The molecule has 1 atom stereocenters. The normalized spacial score (nSPS) is 28.0. The van der Waals surface area contributed by atoms with Crippen molar-refractivity contribution in [3.63, 3.8) is 0 Å². The average Bonchev–Trinajstić information content (AvgIpc) is 2.64. The highest BCUT2D eigenvalue weighted by molar-refractivity contribution is 6.00. The number of rotatable bonds is 4. The number of hydrogen-bond donors (Lipinski definition) is 2. The second-order valence-corrected chi connectivity index (χ2v) is 9.30. The number of piperidine rings is 2. The van der Waals surface area contributed by atoms with Crippen LogP contribution in [0.5, 0.6) is 0 Å². The fourth-order valence-electron chi connectivity index (χ4n) is 5.40. The van der Waals surface area contributed by atoms with E-state index in [1.54, 1.807) is 0 Å². The third-order valence-corrected chi connectivity index (χ3v) is 7.15. The zero-order chi connectivity index (χ0) is 19.1. The first-order valence-corrected chi connectivity index (χ1v) is 10.7. The number of anilines is 1. The van der Waals surface area contributed by atoms with Gasteiger partial charge in [-0.3, -0.25) is 14.9 Å². The van der Waals surface area contributed by atoms with Gasteiger partial charge in [0.2, 0.25) is 11.8 Å². The van der Waals surface area contributed by atoms with Crippen LogP contribution >= 0.6 is 0 Å². The number of nitrogens with one attached hydrogen (secondary N) is 2. The molecule has 0 radical (unpaired) electrons. The van der Waals surface area contributed by atoms with Crippen molar-refractivity contribution in [3.8, 4) is 0 Å². The maximum atomic E-state index is 12.1. The number of carbonyl (C=O) groups excluding carboxylic acids is 2. The summed E-state index contributed by atoms with van der Waals surface area (Å²) in [5.41, 5.74) is 2.89. The Hall–Kier alpha value is -1.92. The highest BCUT2D eigenvalue weighted by Gasteiger charge is 2.47. The lowest BCUT2D eigenvalue weighted by Crippen LogP contribution is -2.71. The monoisotopic (exact) mass is 382 g/mol. The first-order valence-electron chi connectivity index (χ1n) is 10.7. The Bertz CT molecular complexity index is 742. The smallest absolute Gasteiger partial charge is 0.234 e. The van der Waals surface area contributed by atoms with E-state index >= 15 is 0 Å². The molecule has 6 nitrogen and oxygen atoms in total. The average molecular weight is 383 g/mol. The van der Waals surface area contributed by atoms with E-state index in [4.69, 9.17) is 0 Å². The van der Waals surface area contributed by atoms with E-state index in [2.05, 4.69) is 44.7 Å². The summed E-state index contributed by atoms with van der Waals surface area (Å²) in [6, 6.07) is 8.41. The molecule has 28 heavy (non-hydrogen) atoms. The Kier molecular flexibility index (Phi) is 4.63. The molecule has 150 valence electrons. The Morgan fingerprint density at radius 2 is 1.71 bits per heavy atom. The molecule has 6 heteroatoms. The van der Waals surface area contributed by atoms with Gasteiger partial charge in [0.25, 0.3) is 0 Å². The minimum absolute atomic E-state index is 0.154. The van der Waals surface area contributed by atoms with Crippen molar-refractivity contribution in [2.24, 2.45) is 11.3 Å². The number of nitrogens with zero attached hydrogens (tertiary/aromatic N) is 2. The highest BCUT2D eigenvalue weighted by Crippen LogP contribution is 2.36. The Morgan fingerprint density at radius 1 is 1.00 bits per heavy atom. The SMILES string of the molecule is O=C1CCC(c2ccc(N3CCC(CN4CC5(CNC5)C4)CC3)cc2)C(=O)N1. The van der Waals surface area contributed by atoms with Gasteiger partial charge in [-0.15, -0.1) is 0 Å². The van der Waals surface area contributed by atoms with Crippen LogP contribution in [0.3, 0.4) is 0 Å². The highest BCUT2D eigenvalue weighted by atomic mass is 16.2. The van der Waals surface area contributed by atoms with Crippen LogP contribution in [-0.2, 0) is 9.59 Å². The molecule has 1 unspecified atom stereocenters. The fourth-order valence-corrected chi connectivity index (χ4v) is 5.40. The molecule has 4 fully saturated rings. The fraction of sp³-hybridized carbons (Fsp3) is 0.636. The molecule has 0 aliphatic carbocycles. The third-order valence-electron chi connectivity index (χ3n) is 7.15. The summed E-state index contributed by atoms with van der Waals surface area (Å²) >= 11 is 0. The second kappa shape index (κ2) is 7.16. The summed E-state index contributed by atoms with van der Waals surface area (Å²) in [6.07, 6.45) is 3.57. The first kappa shape index (κ1) is 18.1. The molecule has 0 aromatic heterocycles. The van der Waals surface area contributed by atoms with Crippen molar-refractivity contribution in [1.82, 2.24) is 15.5 Å². The van der Waals surface area contributed by atoms with Gasteiger partial charge in [0.15, 0.2) is 0 Å². The predicted octanol–water partition coefficient (Wildman–Crippen LogP) is 1.33. The maximum absolute atomic E-state index is 12.1. The Balaban J connectivity index is 1.11. The molecule has 2 N–H and O–H groups in total. The number of amides is 2. The molecule has 4 aliphatic rings. The van der Waals surface area contributed by atoms with E-state index in [-0.39, 0.29) is 17.7 Å². The molecule has 0 saturated carbocycles. The molecule has 1 spiro atoms. The van der Waals surface area contributed by atoms with Crippen LogP contribution in [0.4, 0.5) is 5.69 Å². The zero-order valence-corrected chi connectivity index (χ0v) is 16.5. The summed E-state index contributed by atoms with van der Waals surface area (Å²) < 4.78 is 0. The summed E-state index contributed by atoms with van der Waals surface area (Å²) in [6.45, 7) is 8.52. The van der Waals surface area contributed by atoms with Crippen molar-refractivity contribution in [2.75, 3.05) is 50.7 Å². The quantitative estimate of drug-likeness (QED) is 0.769. The van der Waals surface area contributed by atoms with Crippen molar-refractivity contribution in [1.29, 1.82) is 0 Å². The summed E-state index contributed by atoms with van der Waals surface area (Å²) in [4.78, 5) is 28.5. The molecule has 1 aromatic rings. The first-order chi connectivity index (χ1) is 13.6. The van der Waals surface area contributed by atoms with Gasteiger partial charge in [0.1, 0.15) is 0 Å². The van der Waals surface area contributed by atoms with E-state index in [9.17, 15) is 9.59 Å². The van der Waals surface area contributed by atoms with Crippen LogP contribution in [0.25, 0.3) is 0 Å². The molecule has 5 rings (SSSR count). The molecule has 4 heterocycles. The lowest BCUT2D eigenvalue weighted by atomic mass is 9.74. The second-order valence-electron chi connectivity index (χ2n) is 9.30. The number of imide groups is 1. The predicted molar refractivity (Wildman–Crippen MR) is 108 cm³/mol. The maximum Gasteiger partial charge on any atom is 0.234 e. The molecular weight excluding hydrogens is 352 g/mol. The van der Waals surface area contributed by atoms with Crippen LogP contribution in [0.2, 0.25) is 0 Å². The van der Waals surface area contributed by atoms with Crippen LogP contribution in [0, 0.1) is 11.3 Å². The van der Waals surface area contributed by atoms with Crippen molar-refractivity contribution >= 4 is 17.5 Å². The largest absolute Gasteiger partial charge is 0.372 e. The molecular formula is C22H30N4O2. The van der Waals surface area contributed by atoms with E-state index in [0.717, 1.165) is 24.6 Å². The van der Waals surface area contributed by atoms with Crippen molar-refractivity contribution in [3.05, 3.63) is 29.8 Å². The Labute approximate surface area is 166 Å². The number of benzene rings is 1. The standard InChI is InChI=1S/C22H30N4O2/c27-20-6-5-19(21(28)24-20)17-1-3-18(4-2-17)26-9-7-16(8-10-26)11-25-14-22(15-25)12-23-13-22/h1-4,16,19,23H,5-15H2,(H,24,27,28). The van der Waals surface area contributed by atoms with E-state index in [1.165, 1.54) is 51.3 Å². The molecule has 0 bridgehead atoms. The van der Waals surface area contributed by atoms with Crippen LogP contribution < -0.4 is 15.5 Å². The van der Waals surface area contributed by atoms with Gasteiger partial charge < -0.3 is 15.1 Å². The van der Waals surface area contributed by atoms with Gasteiger partial charge in [0, 0.05) is 63.3 Å². The lowest BCUT2D eigenvalue weighted by Gasteiger charge is -2.57. The molecule has 2 amide bonds. The molecule has 4 saturated heterocycles. The number of carbonyl (C=O) groups is 2. The molecule has 4 aliphatic heterocycles. The Morgan fingerprint density at radius 3 is 2.32 bits per heavy atom. The zero-order valence-electron chi connectivity index (χ0n) is 16.5. The van der Waals surface area contributed by atoms with Gasteiger partial charge in [0.05, 0.1) is 5.92 Å². The van der Waals surface area contributed by atoms with E-state index in [1.807, 2.05) is 0 Å². The van der Waals surface area contributed by atoms with Gasteiger partial charge in [-0.2, -0.15) is 0 Å². The summed E-state index contributed by atoms with van der Waals surface area (Å²) in [5.74, 6) is 0.321. The van der Waals surface area contributed by atoms with E-state index < -0.39 is 0 Å². The van der Waals surface area contributed by atoms with Gasteiger partial charge >= 0.3 is 0 Å². The van der Waals surface area contributed by atoms with Crippen LogP contribution in [-0.4, -0.2) is 62.5 Å². The minimum Gasteiger partial charge on any atom is -0.372 e. The van der Waals surface area contributed by atoms with Crippen molar-refractivity contribution in [2.45, 2.75) is 31.6 Å². The van der Waals surface area contributed by atoms with Gasteiger partial charge in [-0.1, -0.05) is 12.1 Å². The van der Waals surface area contributed by atoms with Crippen LogP contribution in [0.15, 0.2) is 24.3 Å². The van der Waals surface area contributed by atoms with Gasteiger partial charge in [-0.05, 0) is 42.9 Å². The summed E-state index contributed by atoms with van der Waals surface area (Å²) in [5, 5.41) is 5.86. The van der Waals surface area contributed by atoms with E-state index in [0.29, 0.717) is 18.3 Å². The number of hydrogen-bond acceptors (Lipinski definition) is 5. The van der Waals surface area contributed by atoms with Crippen molar-refractivity contribution < 1.29 is 9.59 Å². The summed E-state index contributed by atoms with van der Waals surface area (Å²) in [7, 11) is 0. The third kappa shape index (κ3) is 3.44. The van der Waals surface area contributed by atoms with Gasteiger partial charge in [-0.25, -0.2) is 0 Å². The lowest BCUT2D eigenvalue weighted by molar-refractivity contribution is -0.134. The topological polar surface area (TPSA) is 64.7 Å². The number of likely N-dealkylation sites (tertiary alicyclic amines) is 1. The minimum atomic E-state index is -0.192. The van der Waals surface area contributed by atoms with Crippen LogP contribution in [0.1, 0.15) is 37.2 Å².